The van der Waals surface area contributed by atoms with Crippen LogP contribution in [0.2, 0.25) is 0 Å². The molecule has 1 amide bonds. The van der Waals surface area contributed by atoms with Gasteiger partial charge in [0, 0.05) is 27.8 Å². The van der Waals surface area contributed by atoms with E-state index in [0.717, 1.165) is 0 Å². The fourth-order valence-corrected chi connectivity index (χ4v) is 8.32. The van der Waals surface area contributed by atoms with Crippen LogP contribution in [-0.2, 0) is 18.9 Å². The first-order valence-corrected chi connectivity index (χ1v) is 13.6. The molecule has 0 aromatic heterocycles. The van der Waals surface area contributed by atoms with Gasteiger partial charge in [0.25, 0.3) is 0 Å². The molecule has 2 aliphatic rings. The van der Waals surface area contributed by atoms with Crippen molar-refractivity contribution in [3.63, 3.8) is 0 Å². The normalized spacial score (nSPS) is 22.4. The number of benzene rings is 3. The molecule has 2 unspecified atom stereocenters. The lowest BCUT2D eigenvalue weighted by Crippen LogP contribution is -2.47. The standard InChI is InChI=1S/C29H26NO5P/c1-28(2)23-17-18-29(28,25(32)24(23)31)27(34)30-20-15-13-19(14-16-20)26(33)36(35,21-9-5-3-6-10-21)22-11-7-4-8-12-22/h3-16,23H,17-18H2,1-2H3,(H,30,34). The summed E-state index contributed by atoms with van der Waals surface area (Å²) in [6.07, 6.45) is 0.863. The van der Waals surface area contributed by atoms with E-state index < -0.39 is 46.9 Å². The van der Waals surface area contributed by atoms with Crippen molar-refractivity contribution in [2.45, 2.75) is 26.7 Å². The Morgan fingerprint density at radius 1 is 0.833 bits per heavy atom. The molecule has 0 spiro atoms. The highest BCUT2D eigenvalue weighted by Gasteiger charge is 2.72. The first-order valence-electron chi connectivity index (χ1n) is 11.9. The summed E-state index contributed by atoms with van der Waals surface area (Å²) in [6.45, 7) is 3.61. The van der Waals surface area contributed by atoms with Gasteiger partial charge in [0.05, 0.1) is 0 Å². The molecule has 0 radical (unpaired) electrons. The van der Waals surface area contributed by atoms with Crippen LogP contribution in [0.5, 0.6) is 0 Å². The summed E-state index contributed by atoms with van der Waals surface area (Å²) in [6, 6.07) is 23.5. The molecule has 5 rings (SSSR count). The maximum atomic E-state index is 14.3. The number of fused-ring (bicyclic) bond motifs is 2. The number of hydrogen-bond acceptors (Lipinski definition) is 5. The highest BCUT2D eigenvalue weighted by atomic mass is 31.2. The van der Waals surface area contributed by atoms with E-state index in [2.05, 4.69) is 5.32 Å². The molecular weight excluding hydrogens is 473 g/mol. The predicted octanol–water partition coefficient (Wildman–Crippen LogP) is 4.35. The molecule has 6 nitrogen and oxygen atoms in total. The van der Waals surface area contributed by atoms with Crippen LogP contribution in [0.25, 0.3) is 0 Å². The first kappa shape index (κ1) is 24.1. The highest BCUT2D eigenvalue weighted by Crippen LogP contribution is 2.62. The molecular formula is C29H26NO5P. The number of carbonyl (C=O) groups is 4. The number of carbonyl (C=O) groups excluding carboxylic acids is 4. The summed E-state index contributed by atoms with van der Waals surface area (Å²) in [5, 5.41) is 3.67. The van der Waals surface area contributed by atoms with Gasteiger partial charge in [0.2, 0.25) is 30.1 Å². The minimum Gasteiger partial charge on any atom is -0.325 e. The third-order valence-electron chi connectivity index (χ3n) is 8.01. The average Bonchev–Trinajstić information content (AvgIpc) is 3.26. The fraction of sp³-hybridized carbons (Fsp3) is 0.241. The van der Waals surface area contributed by atoms with Crippen molar-refractivity contribution in [2.24, 2.45) is 16.7 Å². The summed E-state index contributed by atoms with van der Waals surface area (Å²) in [4.78, 5) is 52.1. The molecule has 1 N–H and O–H groups in total. The van der Waals surface area contributed by atoms with Crippen LogP contribution >= 0.6 is 7.14 Å². The Kier molecular flexibility index (Phi) is 5.68. The molecule has 7 heteroatoms. The van der Waals surface area contributed by atoms with Gasteiger partial charge in [-0.3, -0.25) is 19.2 Å². The lowest BCUT2D eigenvalue weighted by Gasteiger charge is -2.33. The van der Waals surface area contributed by atoms with E-state index in [9.17, 15) is 23.7 Å². The van der Waals surface area contributed by atoms with Gasteiger partial charge in [-0.25, -0.2) is 0 Å². The quantitative estimate of drug-likeness (QED) is 0.309. The average molecular weight is 500 g/mol. The predicted molar refractivity (Wildman–Crippen MR) is 138 cm³/mol. The molecule has 0 aliphatic heterocycles. The largest absolute Gasteiger partial charge is 0.325 e. The Hall–Kier alpha value is -3.63. The summed E-state index contributed by atoms with van der Waals surface area (Å²) < 4.78 is 14.3. The van der Waals surface area contributed by atoms with Crippen LogP contribution in [0.15, 0.2) is 84.9 Å². The number of amides is 1. The molecule has 182 valence electrons. The van der Waals surface area contributed by atoms with Gasteiger partial charge in [0.1, 0.15) is 5.41 Å². The molecule has 2 atom stereocenters. The number of ketones is 2. The number of nitrogens with one attached hydrogen (secondary N) is 1. The van der Waals surface area contributed by atoms with Gasteiger partial charge in [-0.15, -0.1) is 0 Å². The zero-order valence-electron chi connectivity index (χ0n) is 20.1. The van der Waals surface area contributed by atoms with E-state index in [4.69, 9.17) is 0 Å². The van der Waals surface area contributed by atoms with Crippen molar-refractivity contribution < 1.29 is 23.7 Å². The Morgan fingerprint density at radius 2 is 1.36 bits per heavy atom. The number of anilines is 1. The molecule has 0 saturated heterocycles. The second-order valence-corrected chi connectivity index (χ2v) is 12.7. The summed E-state index contributed by atoms with van der Waals surface area (Å²) in [5.74, 6) is -2.00. The van der Waals surface area contributed by atoms with E-state index in [-0.39, 0.29) is 5.56 Å². The molecule has 36 heavy (non-hydrogen) atoms. The van der Waals surface area contributed by atoms with E-state index in [1.807, 2.05) is 0 Å². The van der Waals surface area contributed by atoms with Crippen LogP contribution in [0.3, 0.4) is 0 Å². The van der Waals surface area contributed by atoms with Crippen molar-refractivity contribution >= 4 is 46.4 Å². The lowest BCUT2D eigenvalue weighted by molar-refractivity contribution is -0.147. The van der Waals surface area contributed by atoms with Crippen molar-refractivity contribution in [3.8, 4) is 0 Å². The second kappa shape index (κ2) is 8.49. The minimum atomic E-state index is -3.65. The van der Waals surface area contributed by atoms with Crippen LogP contribution in [0, 0.1) is 16.7 Å². The molecule has 2 fully saturated rings. The summed E-state index contributed by atoms with van der Waals surface area (Å²) in [5.41, 5.74) is -1.99. The maximum absolute atomic E-state index is 14.3. The third-order valence-corrected chi connectivity index (χ3v) is 10.9. The monoisotopic (exact) mass is 499 g/mol. The van der Waals surface area contributed by atoms with Crippen molar-refractivity contribution in [1.29, 1.82) is 0 Å². The van der Waals surface area contributed by atoms with Gasteiger partial charge < -0.3 is 9.88 Å². The fourth-order valence-electron chi connectivity index (χ4n) is 5.86. The molecule has 3 aromatic carbocycles. The van der Waals surface area contributed by atoms with Crippen LogP contribution in [-0.4, -0.2) is 23.0 Å². The van der Waals surface area contributed by atoms with E-state index in [0.29, 0.717) is 29.1 Å². The lowest BCUT2D eigenvalue weighted by atomic mass is 9.68. The second-order valence-electron chi connectivity index (χ2n) is 10.0. The van der Waals surface area contributed by atoms with E-state index in [1.165, 1.54) is 12.1 Å². The highest BCUT2D eigenvalue weighted by molar-refractivity contribution is 7.93. The van der Waals surface area contributed by atoms with Crippen molar-refractivity contribution in [2.75, 3.05) is 5.32 Å². The van der Waals surface area contributed by atoms with Gasteiger partial charge in [-0.2, -0.15) is 0 Å². The van der Waals surface area contributed by atoms with Gasteiger partial charge in [-0.05, 0) is 42.5 Å². The van der Waals surface area contributed by atoms with E-state index in [1.54, 1.807) is 86.6 Å². The maximum Gasteiger partial charge on any atom is 0.239 e. The smallest absolute Gasteiger partial charge is 0.239 e. The Balaban J connectivity index is 1.44. The molecule has 3 aromatic rings. The summed E-state index contributed by atoms with van der Waals surface area (Å²) in [7, 11) is -3.65. The molecule has 2 saturated carbocycles. The minimum absolute atomic E-state index is 0.246. The van der Waals surface area contributed by atoms with Crippen LogP contribution < -0.4 is 15.9 Å². The van der Waals surface area contributed by atoms with Crippen LogP contribution in [0.1, 0.15) is 37.0 Å². The SMILES string of the molecule is CC1(C)C2CCC1(C(=O)Nc1ccc(C(=O)P(=O)(c3ccccc3)c3ccccc3)cc1)C(=O)C2=O. The zero-order valence-corrected chi connectivity index (χ0v) is 21.0. The first-order chi connectivity index (χ1) is 17.1. The van der Waals surface area contributed by atoms with Gasteiger partial charge in [0.15, 0.2) is 0 Å². The Bertz CT molecular complexity index is 1390. The number of Topliss-reactive ketones (excluding diaryl/α,β-unsaturated/α-hetero) is 2. The summed E-state index contributed by atoms with van der Waals surface area (Å²) >= 11 is 0. The van der Waals surface area contributed by atoms with Gasteiger partial charge >= 0.3 is 0 Å². The van der Waals surface area contributed by atoms with Gasteiger partial charge in [-0.1, -0.05) is 74.5 Å². The zero-order chi connectivity index (χ0) is 25.7. The topological polar surface area (TPSA) is 97.4 Å². The van der Waals surface area contributed by atoms with Crippen molar-refractivity contribution in [1.82, 2.24) is 0 Å². The Labute approximate surface area is 209 Å². The Morgan fingerprint density at radius 3 is 1.83 bits per heavy atom. The van der Waals surface area contributed by atoms with E-state index >= 15 is 0 Å². The third kappa shape index (κ3) is 3.28. The molecule has 2 bridgehead atoms. The number of hydrogen-bond donors (Lipinski definition) is 1. The van der Waals surface area contributed by atoms with Crippen molar-refractivity contribution in [3.05, 3.63) is 90.5 Å². The molecule has 2 aliphatic carbocycles. The van der Waals surface area contributed by atoms with Crippen LogP contribution in [0.4, 0.5) is 5.69 Å². The number of rotatable bonds is 6. The molecule has 0 heterocycles.